The zero-order valence-corrected chi connectivity index (χ0v) is 13.8. The number of hydrogen-bond donors (Lipinski definition) is 0. The summed E-state index contributed by atoms with van der Waals surface area (Å²) in [5, 5.41) is 12.6. The predicted molar refractivity (Wildman–Crippen MR) is 84.9 cm³/mol. The van der Waals surface area contributed by atoms with Crippen LogP contribution in [0.25, 0.3) is 5.69 Å². The van der Waals surface area contributed by atoms with Crippen LogP contribution in [0.1, 0.15) is 29.9 Å². The summed E-state index contributed by atoms with van der Waals surface area (Å²) in [6.45, 7) is 4.13. The Morgan fingerprint density at radius 2 is 2.12 bits per heavy atom. The van der Waals surface area contributed by atoms with E-state index in [2.05, 4.69) is 11.2 Å². The molecule has 1 amide bonds. The van der Waals surface area contributed by atoms with Crippen molar-refractivity contribution in [1.29, 1.82) is 5.26 Å². The summed E-state index contributed by atoms with van der Waals surface area (Å²) in [5.41, 5.74) is -0.525. The van der Waals surface area contributed by atoms with Gasteiger partial charge in [0, 0.05) is 18.7 Å². The third kappa shape index (κ3) is 4.18. The van der Waals surface area contributed by atoms with E-state index in [-0.39, 0.29) is 29.6 Å². The van der Waals surface area contributed by atoms with E-state index in [1.165, 1.54) is 29.2 Å². The van der Waals surface area contributed by atoms with Crippen LogP contribution in [0, 0.1) is 17.2 Å². The maximum atomic E-state index is 13.0. The SMILES string of the molecule is CCN(CC(C)C#N)C(=O)c1cccc(-n2nccc2C(F)(F)F)c1. The number of aromatic nitrogens is 2. The maximum absolute atomic E-state index is 13.0. The average molecular weight is 350 g/mol. The molecule has 1 heterocycles. The molecule has 0 saturated heterocycles. The van der Waals surface area contributed by atoms with E-state index in [0.717, 1.165) is 16.9 Å². The number of carbonyl (C=O) groups excluding carboxylic acids is 1. The van der Waals surface area contributed by atoms with Crippen LogP contribution >= 0.6 is 0 Å². The number of nitriles is 1. The minimum absolute atomic E-state index is 0.146. The molecule has 0 radical (unpaired) electrons. The van der Waals surface area contributed by atoms with Crippen molar-refractivity contribution in [1.82, 2.24) is 14.7 Å². The first kappa shape index (κ1) is 18.5. The van der Waals surface area contributed by atoms with Gasteiger partial charge in [0.15, 0.2) is 0 Å². The Kier molecular flexibility index (Phi) is 5.47. The Labute approximate surface area is 143 Å². The second-order valence-corrected chi connectivity index (χ2v) is 5.55. The van der Waals surface area contributed by atoms with Gasteiger partial charge in [-0.25, -0.2) is 4.68 Å². The highest BCUT2D eigenvalue weighted by Gasteiger charge is 2.35. The van der Waals surface area contributed by atoms with Gasteiger partial charge < -0.3 is 4.90 Å². The molecule has 5 nitrogen and oxygen atoms in total. The number of benzene rings is 1. The molecule has 1 aromatic heterocycles. The van der Waals surface area contributed by atoms with Gasteiger partial charge in [0.2, 0.25) is 0 Å². The molecule has 2 aromatic rings. The lowest BCUT2D eigenvalue weighted by molar-refractivity contribution is -0.142. The summed E-state index contributed by atoms with van der Waals surface area (Å²) < 4.78 is 39.8. The molecule has 0 bridgehead atoms. The van der Waals surface area contributed by atoms with Crippen LogP contribution in [-0.4, -0.2) is 33.7 Å². The van der Waals surface area contributed by atoms with Crippen LogP contribution in [0.4, 0.5) is 13.2 Å². The molecule has 8 heteroatoms. The predicted octanol–water partition coefficient (Wildman–Crippen LogP) is 3.51. The van der Waals surface area contributed by atoms with Crippen molar-refractivity contribution in [3.63, 3.8) is 0 Å². The second kappa shape index (κ2) is 7.38. The van der Waals surface area contributed by atoms with Crippen molar-refractivity contribution >= 4 is 5.91 Å². The first-order valence-corrected chi connectivity index (χ1v) is 7.68. The summed E-state index contributed by atoms with van der Waals surface area (Å²) in [6.07, 6.45) is -3.49. The first-order valence-electron chi connectivity index (χ1n) is 7.68. The van der Waals surface area contributed by atoms with Crippen molar-refractivity contribution in [3.8, 4) is 11.8 Å². The van der Waals surface area contributed by atoms with E-state index in [0.29, 0.717) is 6.54 Å². The molecule has 25 heavy (non-hydrogen) atoms. The van der Waals surface area contributed by atoms with E-state index >= 15 is 0 Å². The van der Waals surface area contributed by atoms with Gasteiger partial charge >= 0.3 is 6.18 Å². The fraction of sp³-hybridized carbons (Fsp3) is 0.353. The number of amides is 1. The van der Waals surface area contributed by atoms with Gasteiger partial charge in [0.1, 0.15) is 5.69 Å². The average Bonchev–Trinajstić information content (AvgIpc) is 3.09. The zero-order chi connectivity index (χ0) is 18.6. The van der Waals surface area contributed by atoms with Gasteiger partial charge in [-0.15, -0.1) is 0 Å². The van der Waals surface area contributed by atoms with Gasteiger partial charge in [-0.05, 0) is 38.1 Å². The van der Waals surface area contributed by atoms with Gasteiger partial charge in [0.25, 0.3) is 5.91 Å². The molecule has 2 rings (SSSR count). The van der Waals surface area contributed by atoms with Gasteiger partial charge in [-0.2, -0.15) is 23.5 Å². The molecule has 0 aliphatic rings. The van der Waals surface area contributed by atoms with Gasteiger partial charge in [0.05, 0.1) is 23.9 Å². The number of halogens is 3. The number of rotatable bonds is 5. The molecule has 0 aliphatic heterocycles. The van der Waals surface area contributed by atoms with E-state index in [9.17, 15) is 18.0 Å². The van der Waals surface area contributed by atoms with E-state index in [4.69, 9.17) is 5.26 Å². The largest absolute Gasteiger partial charge is 0.433 e. The van der Waals surface area contributed by atoms with Crippen molar-refractivity contribution in [2.24, 2.45) is 5.92 Å². The minimum atomic E-state index is -4.55. The van der Waals surface area contributed by atoms with Crippen LogP contribution in [-0.2, 0) is 6.18 Å². The van der Waals surface area contributed by atoms with E-state index in [1.807, 2.05) is 0 Å². The zero-order valence-electron chi connectivity index (χ0n) is 13.8. The third-order valence-corrected chi connectivity index (χ3v) is 3.65. The topological polar surface area (TPSA) is 61.9 Å². The van der Waals surface area contributed by atoms with Crippen LogP contribution < -0.4 is 0 Å². The normalized spacial score (nSPS) is 12.5. The van der Waals surface area contributed by atoms with E-state index < -0.39 is 11.9 Å². The van der Waals surface area contributed by atoms with Gasteiger partial charge in [-0.3, -0.25) is 4.79 Å². The Bertz CT molecular complexity index is 792. The lowest BCUT2D eigenvalue weighted by Gasteiger charge is -2.22. The lowest BCUT2D eigenvalue weighted by Crippen LogP contribution is -2.34. The van der Waals surface area contributed by atoms with Crippen LogP contribution in [0.15, 0.2) is 36.5 Å². The summed E-state index contributed by atoms with van der Waals surface area (Å²) in [6, 6.07) is 8.79. The molecule has 0 N–H and O–H groups in total. The van der Waals surface area contributed by atoms with Crippen LogP contribution in [0.2, 0.25) is 0 Å². The number of alkyl halides is 3. The van der Waals surface area contributed by atoms with Crippen LogP contribution in [0.3, 0.4) is 0 Å². The van der Waals surface area contributed by atoms with Gasteiger partial charge in [-0.1, -0.05) is 6.07 Å². The smallest absolute Gasteiger partial charge is 0.338 e. The lowest BCUT2D eigenvalue weighted by atomic mass is 10.1. The quantitative estimate of drug-likeness (QED) is 0.829. The van der Waals surface area contributed by atoms with Crippen molar-refractivity contribution in [2.45, 2.75) is 20.0 Å². The number of carbonyl (C=O) groups is 1. The molecular formula is C17H17F3N4O. The molecule has 0 spiro atoms. The first-order chi connectivity index (χ1) is 11.8. The summed E-state index contributed by atoms with van der Waals surface area (Å²) in [5.74, 6) is -0.679. The third-order valence-electron chi connectivity index (χ3n) is 3.65. The van der Waals surface area contributed by atoms with Crippen molar-refractivity contribution in [2.75, 3.05) is 13.1 Å². The Morgan fingerprint density at radius 1 is 1.40 bits per heavy atom. The monoisotopic (exact) mass is 350 g/mol. The Hall–Kier alpha value is -2.82. The highest BCUT2D eigenvalue weighted by atomic mass is 19.4. The molecular weight excluding hydrogens is 333 g/mol. The fourth-order valence-electron chi connectivity index (χ4n) is 2.40. The molecule has 0 saturated carbocycles. The van der Waals surface area contributed by atoms with Crippen molar-refractivity contribution < 1.29 is 18.0 Å². The minimum Gasteiger partial charge on any atom is -0.338 e. The fourth-order valence-corrected chi connectivity index (χ4v) is 2.40. The second-order valence-electron chi connectivity index (χ2n) is 5.55. The maximum Gasteiger partial charge on any atom is 0.433 e. The molecule has 132 valence electrons. The number of nitrogens with zero attached hydrogens (tertiary/aromatic N) is 4. The summed E-state index contributed by atoms with van der Waals surface area (Å²) >= 11 is 0. The molecule has 1 aromatic carbocycles. The molecule has 1 unspecified atom stereocenters. The molecule has 0 fully saturated rings. The summed E-state index contributed by atoms with van der Waals surface area (Å²) in [4.78, 5) is 14.1. The highest BCUT2D eigenvalue weighted by molar-refractivity contribution is 5.94. The highest BCUT2D eigenvalue weighted by Crippen LogP contribution is 2.30. The Balaban J connectivity index is 2.35. The summed E-state index contributed by atoms with van der Waals surface area (Å²) in [7, 11) is 0. The Morgan fingerprint density at radius 3 is 2.72 bits per heavy atom. The standard InChI is InChI=1S/C17H17F3N4O/c1-3-23(11-12(2)10-21)16(25)13-5-4-6-14(9-13)24-15(7-8-22-24)17(18,19)20/h4-9,12H,3,11H2,1-2H3. The van der Waals surface area contributed by atoms with Crippen molar-refractivity contribution in [3.05, 3.63) is 47.8 Å². The van der Waals surface area contributed by atoms with E-state index in [1.54, 1.807) is 13.8 Å². The number of hydrogen-bond acceptors (Lipinski definition) is 3. The van der Waals surface area contributed by atoms with Crippen LogP contribution in [0.5, 0.6) is 0 Å². The molecule has 0 aliphatic carbocycles. The molecule has 1 atom stereocenters.